The summed E-state index contributed by atoms with van der Waals surface area (Å²) in [5.41, 5.74) is 6.07. The third-order valence-electron chi connectivity index (χ3n) is 2.57. The number of benzene rings is 1. The van der Waals surface area contributed by atoms with Crippen LogP contribution < -0.4 is 10.5 Å². The van der Waals surface area contributed by atoms with E-state index in [0.29, 0.717) is 12.2 Å². The minimum absolute atomic E-state index is 0.242. The van der Waals surface area contributed by atoms with Crippen molar-refractivity contribution in [1.82, 2.24) is 0 Å². The zero-order valence-corrected chi connectivity index (χ0v) is 9.61. The molecular weight excluding hydrogens is 209 g/mol. The van der Waals surface area contributed by atoms with Gasteiger partial charge in [-0.15, -0.1) is 0 Å². The molecule has 1 aromatic carbocycles. The molecule has 0 saturated heterocycles. The highest BCUT2D eigenvalue weighted by Crippen LogP contribution is 2.29. The third-order valence-corrected chi connectivity index (χ3v) is 2.57. The van der Waals surface area contributed by atoms with Gasteiger partial charge in [-0.2, -0.15) is 0 Å². The fraction of sp³-hybridized carbons (Fsp3) is 0.500. The maximum Gasteiger partial charge on any atom is 0.131 e. The number of rotatable bonds is 5. The van der Waals surface area contributed by atoms with Crippen molar-refractivity contribution >= 4 is 0 Å². The maximum atomic E-state index is 13.6. The predicted octanol–water partition coefficient (Wildman–Crippen LogP) is 2.00. The summed E-state index contributed by atoms with van der Waals surface area (Å²) in [4.78, 5) is 0. The molecule has 90 valence electrons. The van der Waals surface area contributed by atoms with Crippen LogP contribution in [-0.4, -0.2) is 18.3 Å². The van der Waals surface area contributed by atoms with E-state index in [-0.39, 0.29) is 5.56 Å². The molecule has 0 heterocycles. The van der Waals surface area contributed by atoms with Crippen LogP contribution >= 0.6 is 0 Å². The van der Waals surface area contributed by atoms with Crippen LogP contribution in [0.5, 0.6) is 5.75 Å². The predicted molar refractivity (Wildman–Crippen MR) is 60.8 cm³/mol. The molecular formula is C12H18FNO2. The Labute approximate surface area is 95.0 Å². The van der Waals surface area contributed by atoms with Crippen LogP contribution in [0.3, 0.4) is 0 Å². The van der Waals surface area contributed by atoms with E-state index >= 15 is 0 Å². The maximum absolute atomic E-state index is 13.6. The van der Waals surface area contributed by atoms with E-state index in [0.717, 1.165) is 6.42 Å². The monoisotopic (exact) mass is 227 g/mol. The largest absolute Gasteiger partial charge is 0.496 e. The number of nitrogens with two attached hydrogens (primary N) is 1. The molecule has 0 aromatic heterocycles. The summed E-state index contributed by atoms with van der Waals surface area (Å²) in [6.07, 6.45) is 0.584. The fourth-order valence-electron chi connectivity index (χ4n) is 1.69. The van der Waals surface area contributed by atoms with Gasteiger partial charge in [-0.3, -0.25) is 0 Å². The average Bonchev–Trinajstić information content (AvgIpc) is 2.28. The Kier molecular flexibility index (Phi) is 4.71. The second-order valence-electron chi connectivity index (χ2n) is 3.74. The number of hydrogen-bond donors (Lipinski definition) is 2. The van der Waals surface area contributed by atoms with Gasteiger partial charge in [0, 0.05) is 5.56 Å². The van der Waals surface area contributed by atoms with Gasteiger partial charge in [-0.05, 0) is 18.6 Å². The van der Waals surface area contributed by atoms with Crippen LogP contribution in [0.4, 0.5) is 4.39 Å². The van der Waals surface area contributed by atoms with E-state index in [1.165, 1.54) is 13.2 Å². The third kappa shape index (κ3) is 2.71. The van der Waals surface area contributed by atoms with Crippen molar-refractivity contribution in [3.63, 3.8) is 0 Å². The van der Waals surface area contributed by atoms with Gasteiger partial charge in [0.25, 0.3) is 0 Å². The molecule has 0 aliphatic carbocycles. The van der Waals surface area contributed by atoms with Gasteiger partial charge >= 0.3 is 0 Å². The van der Waals surface area contributed by atoms with E-state index in [1.807, 2.05) is 6.92 Å². The lowest BCUT2D eigenvalue weighted by molar-refractivity contribution is 0.131. The zero-order chi connectivity index (χ0) is 12.1. The molecule has 0 spiro atoms. The van der Waals surface area contributed by atoms with Gasteiger partial charge in [0.05, 0.1) is 19.3 Å². The lowest BCUT2D eigenvalue weighted by Gasteiger charge is -2.21. The lowest BCUT2D eigenvalue weighted by Crippen LogP contribution is -2.27. The molecule has 0 radical (unpaired) electrons. The SMILES string of the molecule is CCC[C@H](O)[C@H](N)c1c(F)cccc1OC. The van der Waals surface area contributed by atoms with Gasteiger partial charge in [-0.25, -0.2) is 4.39 Å². The van der Waals surface area contributed by atoms with Crippen molar-refractivity contribution in [2.24, 2.45) is 5.73 Å². The number of hydrogen-bond acceptors (Lipinski definition) is 3. The number of aliphatic hydroxyl groups is 1. The van der Waals surface area contributed by atoms with E-state index in [2.05, 4.69) is 0 Å². The molecule has 0 fully saturated rings. The first kappa shape index (κ1) is 12.9. The zero-order valence-electron chi connectivity index (χ0n) is 9.61. The van der Waals surface area contributed by atoms with Gasteiger partial charge < -0.3 is 15.6 Å². The molecule has 0 aliphatic rings. The average molecular weight is 227 g/mol. The summed E-state index contributed by atoms with van der Waals surface area (Å²) in [6.45, 7) is 1.94. The Morgan fingerprint density at radius 2 is 2.19 bits per heavy atom. The second-order valence-corrected chi connectivity index (χ2v) is 3.74. The Bertz CT molecular complexity index is 344. The van der Waals surface area contributed by atoms with Crippen LogP contribution in [0.2, 0.25) is 0 Å². The number of methoxy groups -OCH3 is 1. The highest BCUT2D eigenvalue weighted by Gasteiger charge is 2.22. The van der Waals surface area contributed by atoms with Crippen molar-refractivity contribution < 1.29 is 14.2 Å². The van der Waals surface area contributed by atoms with Crippen molar-refractivity contribution in [2.45, 2.75) is 31.9 Å². The van der Waals surface area contributed by atoms with Crippen molar-refractivity contribution in [3.05, 3.63) is 29.6 Å². The summed E-state index contributed by atoms with van der Waals surface area (Å²) in [5.74, 6) is -0.0651. The topological polar surface area (TPSA) is 55.5 Å². The van der Waals surface area contributed by atoms with Crippen LogP contribution in [0, 0.1) is 5.82 Å². The van der Waals surface area contributed by atoms with Gasteiger partial charge in [0.1, 0.15) is 11.6 Å². The number of ether oxygens (including phenoxy) is 1. The van der Waals surface area contributed by atoms with Crippen molar-refractivity contribution in [3.8, 4) is 5.75 Å². The molecule has 0 amide bonds. The summed E-state index contributed by atoms with van der Waals surface area (Å²) < 4.78 is 18.7. The minimum Gasteiger partial charge on any atom is -0.496 e. The molecule has 0 unspecified atom stereocenters. The summed E-state index contributed by atoms with van der Waals surface area (Å²) in [6, 6.07) is 3.75. The van der Waals surface area contributed by atoms with Gasteiger partial charge in [-0.1, -0.05) is 19.4 Å². The fourth-order valence-corrected chi connectivity index (χ4v) is 1.69. The van der Waals surface area contributed by atoms with Crippen LogP contribution in [0.15, 0.2) is 18.2 Å². The Morgan fingerprint density at radius 3 is 2.75 bits per heavy atom. The Hall–Kier alpha value is -1.13. The van der Waals surface area contributed by atoms with E-state index in [4.69, 9.17) is 10.5 Å². The standard InChI is InChI=1S/C12H18FNO2/c1-3-5-9(15)12(14)11-8(13)6-4-7-10(11)16-2/h4,6-7,9,12,15H,3,5,14H2,1-2H3/t9-,12-/m0/s1. The molecule has 3 N–H and O–H groups in total. The van der Waals surface area contributed by atoms with Crippen LogP contribution in [0.25, 0.3) is 0 Å². The molecule has 2 atom stereocenters. The molecule has 1 aromatic rings. The van der Waals surface area contributed by atoms with Crippen LogP contribution in [-0.2, 0) is 0 Å². The molecule has 0 saturated carbocycles. The second kappa shape index (κ2) is 5.82. The molecule has 1 rings (SSSR count). The van der Waals surface area contributed by atoms with Crippen LogP contribution in [0.1, 0.15) is 31.4 Å². The smallest absolute Gasteiger partial charge is 0.131 e. The quantitative estimate of drug-likeness (QED) is 0.808. The Morgan fingerprint density at radius 1 is 1.50 bits per heavy atom. The Balaban J connectivity index is 3.01. The highest BCUT2D eigenvalue weighted by atomic mass is 19.1. The van der Waals surface area contributed by atoms with Gasteiger partial charge in [0.2, 0.25) is 0 Å². The van der Waals surface area contributed by atoms with E-state index in [9.17, 15) is 9.50 Å². The normalized spacial score (nSPS) is 14.6. The first-order valence-electron chi connectivity index (χ1n) is 5.37. The van der Waals surface area contributed by atoms with Crippen molar-refractivity contribution in [2.75, 3.05) is 7.11 Å². The molecule has 4 heteroatoms. The van der Waals surface area contributed by atoms with Gasteiger partial charge in [0.15, 0.2) is 0 Å². The number of halogens is 1. The molecule has 3 nitrogen and oxygen atoms in total. The first-order chi connectivity index (χ1) is 7.61. The molecule has 0 aliphatic heterocycles. The van der Waals surface area contributed by atoms with Crippen molar-refractivity contribution in [1.29, 1.82) is 0 Å². The van der Waals surface area contributed by atoms with E-state index in [1.54, 1.807) is 12.1 Å². The summed E-state index contributed by atoms with van der Waals surface area (Å²) in [7, 11) is 1.46. The summed E-state index contributed by atoms with van der Waals surface area (Å²) >= 11 is 0. The summed E-state index contributed by atoms with van der Waals surface area (Å²) in [5, 5.41) is 9.77. The highest BCUT2D eigenvalue weighted by molar-refractivity contribution is 5.37. The lowest BCUT2D eigenvalue weighted by atomic mass is 9.98. The first-order valence-corrected chi connectivity index (χ1v) is 5.37. The minimum atomic E-state index is -0.754. The molecule has 16 heavy (non-hydrogen) atoms. The molecule has 0 bridgehead atoms. The van der Waals surface area contributed by atoms with E-state index < -0.39 is 18.0 Å². The number of aliphatic hydroxyl groups excluding tert-OH is 1.